The van der Waals surface area contributed by atoms with E-state index in [1.807, 2.05) is 72.1 Å². The summed E-state index contributed by atoms with van der Waals surface area (Å²) in [6, 6.07) is 20.4. The summed E-state index contributed by atoms with van der Waals surface area (Å²) in [4.78, 5) is 14.4. The minimum Gasteiger partial charge on any atom is -0.352 e. The number of carbonyl (C=O) groups excluding carboxylic acids is 1. The smallest absolute Gasteiger partial charge is 0.234 e. The highest BCUT2D eigenvalue weighted by molar-refractivity contribution is 5.78. The van der Waals surface area contributed by atoms with Gasteiger partial charge in [0.25, 0.3) is 0 Å². The molecule has 1 amide bonds. The van der Waals surface area contributed by atoms with Gasteiger partial charge in [-0.2, -0.15) is 5.10 Å². The first-order valence-electron chi connectivity index (χ1n) is 10.1. The molecule has 152 valence electrons. The number of carbonyl (C=O) groups is 1. The average molecular weight is 391 g/mol. The van der Waals surface area contributed by atoms with Crippen LogP contribution >= 0.6 is 0 Å². The van der Waals surface area contributed by atoms with Gasteiger partial charge in [0.05, 0.1) is 17.9 Å². The fourth-order valence-electron chi connectivity index (χ4n) is 3.14. The Morgan fingerprint density at radius 2 is 1.66 bits per heavy atom. The molecule has 3 rings (SSSR count). The van der Waals surface area contributed by atoms with Gasteiger partial charge in [-0.15, -0.1) is 0 Å². The molecular formula is C24H30N4O. The van der Waals surface area contributed by atoms with Gasteiger partial charge in [0, 0.05) is 29.9 Å². The number of rotatable bonds is 8. The molecule has 0 aliphatic heterocycles. The molecule has 5 nitrogen and oxygen atoms in total. The molecule has 0 spiro atoms. The number of nitrogens with one attached hydrogen (secondary N) is 1. The Kier molecular flexibility index (Phi) is 6.83. The van der Waals surface area contributed by atoms with Crippen molar-refractivity contribution in [1.29, 1.82) is 0 Å². The highest BCUT2D eigenvalue weighted by atomic mass is 16.2. The molecule has 5 heteroatoms. The predicted octanol–water partition coefficient (Wildman–Crippen LogP) is 4.13. The van der Waals surface area contributed by atoms with E-state index in [4.69, 9.17) is 5.10 Å². The van der Waals surface area contributed by atoms with Crippen molar-refractivity contribution in [2.45, 2.75) is 33.4 Å². The second-order valence-corrected chi connectivity index (χ2v) is 7.92. The van der Waals surface area contributed by atoms with E-state index in [2.05, 4.69) is 37.5 Å². The van der Waals surface area contributed by atoms with E-state index in [0.717, 1.165) is 22.5 Å². The molecule has 1 N–H and O–H groups in total. The Bertz CT molecular complexity index is 919. The monoisotopic (exact) mass is 390 g/mol. The minimum absolute atomic E-state index is 0.0467. The summed E-state index contributed by atoms with van der Waals surface area (Å²) in [5.74, 6) is 0.462. The number of hydrogen-bond donors (Lipinski definition) is 1. The van der Waals surface area contributed by atoms with Gasteiger partial charge in [0.2, 0.25) is 5.91 Å². The molecule has 3 aromatic rings. The van der Waals surface area contributed by atoms with Gasteiger partial charge in [-0.25, -0.2) is 4.68 Å². The Hall–Kier alpha value is -2.92. The van der Waals surface area contributed by atoms with Crippen molar-refractivity contribution in [2.24, 2.45) is 5.92 Å². The van der Waals surface area contributed by atoms with Crippen LogP contribution in [0.15, 0.2) is 66.9 Å². The first-order chi connectivity index (χ1) is 13.9. The van der Waals surface area contributed by atoms with E-state index in [0.29, 0.717) is 19.0 Å². The van der Waals surface area contributed by atoms with Crippen LogP contribution in [0.5, 0.6) is 0 Å². The van der Waals surface area contributed by atoms with Crippen LogP contribution in [0.3, 0.4) is 0 Å². The molecule has 29 heavy (non-hydrogen) atoms. The van der Waals surface area contributed by atoms with Crippen molar-refractivity contribution in [2.75, 3.05) is 13.6 Å². The number of benzene rings is 2. The highest BCUT2D eigenvalue weighted by Crippen LogP contribution is 2.24. The van der Waals surface area contributed by atoms with Crippen LogP contribution in [-0.2, 0) is 11.3 Å². The molecule has 0 saturated heterocycles. The largest absolute Gasteiger partial charge is 0.352 e. The second kappa shape index (κ2) is 9.52. The predicted molar refractivity (Wildman–Crippen MR) is 118 cm³/mol. The van der Waals surface area contributed by atoms with Gasteiger partial charge in [-0.3, -0.25) is 9.69 Å². The van der Waals surface area contributed by atoms with E-state index in [1.54, 1.807) is 0 Å². The van der Waals surface area contributed by atoms with E-state index in [1.165, 1.54) is 0 Å². The fourth-order valence-corrected chi connectivity index (χ4v) is 3.14. The molecule has 0 unspecified atom stereocenters. The molecule has 2 aromatic carbocycles. The van der Waals surface area contributed by atoms with Gasteiger partial charge >= 0.3 is 0 Å². The van der Waals surface area contributed by atoms with Crippen molar-refractivity contribution in [3.8, 4) is 16.9 Å². The van der Waals surface area contributed by atoms with Crippen LogP contribution in [0.25, 0.3) is 16.9 Å². The van der Waals surface area contributed by atoms with Gasteiger partial charge < -0.3 is 5.32 Å². The van der Waals surface area contributed by atoms with Crippen LogP contribution in [0, 0.1) is 5.92 Å². The lowest BCUT2D eigenvalue weighted by atomic mass is 10.1. The zero-order chi connectivity index (χ0) is 20.8. The van der Waals surface area contributed by atoms with Crippen molar-refractivity contribution < 1.29 is 4.79 Å². The summed E-state index contributed by atoms with van der Waals surface area (Å²) >= 11 is 0. The number of nitrogens with zero attached hydrogens (tertiary/aromatic N) is 3. The fraction of sp³-hybridized carbons (Fsp3) is 0.333. The standard InChI is InChI=1S/C24H30N4O/c1-18(2)19(3)25-23(29)17-27(4)15-21-16-28(22-13-9-6-10-14-22)26-24(21)20-11-7-5-8-12-20/h5-14,16,18-19H,15,17H2,1-4H3,(H,25,29)/t19-/m0/s1. The molecule has 0 radical (unpaired) electrons. The van der Waals surface area contributed by atoms with Crippen molar-refractivity contribution in [3.63, 3.8) is 0 Å². The Morgan fingerprint density at radius 3 is 2.28 bits per heavy atom. The summed E-state index contributed by atoms with van der Waals surface area (Å²) in [5, 5.41) is 7.92. The van der Waals surface area contributed by atoms with Crippen LogP contribution in [0.1, 0.15) is 26.3 Å². The first kappa shape index (κ1) is 20.8. The number of aromatic nitrogens is 2. The molecule has 1 heterocycles. The minimum atomic E-state index is 0.0467. The maximum Gasteiger partial charge on any atom is 0.234 e. The van der Waals surface area contributed by atoms with E-state index in [9.17, 15) is 4.79 Å². The Labute approximate surface area is 173 Å². The maximum absolute atomic E-state index is 12.4. The SMILES string of the molecule is CC(C)[C@H](C)NC(=O)CN(C)Cc1cn(-c2ccccc2)nc1-c1ccccc1. The maximum atomic E-state index is 12.4. The van der Waals surface area contributed by atoms with Crippen LogP contribution in [0.2, 0.25) is 0 Å². The molecule has 0 aliphatic carbocycles. The molecule has 0 saturated carbocycles. The molecule has 0 fully saturated rings. The summed E-state index contributed by atoms with van der Waals surface area (Å²) in [6.45, 7) is 7.25. The van der Waals surface area contributed by atoms with E-state index < -0.39 is 0 Å². The number of likely N-dealkylation sites (N-methyl/N-ethyl adjacent to an activating group) is 1. The Balaban J connectivity index is 1.80. The van der Waals surface area contributed by atoms with Gasteiger partial charge in [-0.05, 0) is 32.0 Å². The average Bonchev–Trinajstić information content (AvgIpc) is 3.12. The zero-order valence-corrected chi connectivity index (χ0v) is 17.7. The Morgan fingerprint density at radius 1 is 1.03 bits per heavy atom. The molecule has 1 aromatic heterocycles. The highest BCUT2D eigenvalue weighted by Gasteiger charge is 2.17. The lowest BCUT2D eigenvalue weighted by molar-refractivity contribution is -0.122. The van der Waals surface area contributed by atoms with Crippen molar-refractivity contribution in [1.82, 2.24) is 20.0 Å². The second-order valence-electron chi connectivity index (χ2n) is 7.92. The lowest BCUT2D eigenvalue weighted by Crippen LogP contribution is -2.41. The topological polar surface area (TPSA) is 50.2 Å². The lowest BCUT2D eigenvalue weighted by Gasteiger charge is -2.21. The molecule has 1 atom stereocenters. The van der Waals surface area contributed by atoms with Crippen LogP contribution in [0.4, 0.5) is 0 Å². The molecule has 0 bridgehead atoms. The van der Waals surface area contributed by atoms with Crippen molar-refractivity contribution >= 4 is 5.91 Å². The van der Waals surface area contributed by atoms with E-state index in [-0.39, 0.29) is 11.9 Å². The summed E-state index contributed by atoms with van der Waals surface area (Å²) in [7, 11) is 1.97. The third kappa shape index (κ3) is 5.55. The summed E-state index contributed by atoms with van der Waals surface area (Å²) < 4.78 is 1.91. The molecule has 0 aliphatic rings. The van der Waals surface area contributed by atoms with E-state index >= 15 is 0 Å². The number of para-hydroxylation sites is 1. The van der Waals surface area contributed by atoms with Gasteiger partial charge in [-0.1, -0.05) is 62.4 Å². The van der Waals surface area contributed by atoms with Crippen LogP contribution in [-0.4, -0.2) is 40.2 Å². The van der Waals surface area contributed by atoms with Crippen LogP contribution < -0.4 is 5.32 Å². The third-order valence-electron chi connectivity index (χ3n) is 5.10. The number of amides is 1. The normalized spacial score (nSPS) is 12.3. The first-order valence-corrected chi connectivity index (χ1v) is 10.1. The van der Waals surface area contributed by atoms with Gasteiger partial charge in [0.1, 0.15) is 0 Å². The zero-order valence-electron chi connectivity index (χ0n) is 17.7. The number of hydrogen-bond acceptors (Lipinski definition) is 3. The van der Waals surface area contributed by atoms with Crippen molar-refractivity contribution in [3.05, 3.63) is 72.4 Å². The summed E-state index contributed by atoms with van der Waals surface area (Å²) in [5.41, 5.74) is 4.12. The molecular weight excluding hydrogens is 360 g/mol. The summed E-state index contributed by atoms with van der Waals surface area (Å²) in [6.07, 6.45) is 2.06. The quantitative estimate of drug-likeness (QED) is 0.629. The third-order valence-corrected chi connectivity index (χ3v) is 5.10. The van der Waals surface area contributed by atoms with Gasteiger partial charge in [0.15, 0.2) is 0 Å².